The number of hydrogen-bond acceptors (Lipinski definition) is 3. The van der Waals surface area contributed by atoms with Gasteiger partial charge in [0.1, 0.15) is 8.07 Å². The van der Waals surface area contributed by atoms with Gasteiger partial charge in [-0.3, -0.25) is 0 Å². The summed E-state index contributed by atoms with van der Waals surface area (Å²) in [6.07, 6.45) is 0. The van der Waals surface area contributed by atoms with E-state index in [9.17, 15) is 0 Å². The van der Waals surface area contributed by atoms with Crippen LogP contribution in [-0.2, 0) is 0 Å². The number of aromatic nitrogens is 3. The minimum atomic E-state index is -2.39. The van der Waals surface area contributed by atoms with Crippen molar-refractivity contribution in [2.24, 2.45) is 0 Å². The van der Waals surface area contributed by atoms with Crippen molar-refractivity contribution in [3.05, 3.63) is 194 Å². The summed E-state index contributed by atoms with van der Waals surface area (Å²) in [5, 5.41) is 7.88. The van der Waals surface area contributed by atoms with Gasteiger partial charge in [0.2, 0.25) is 0 Å². The second kappa shape index (κ2) is 13.0. The molecule has 0 saturated carbocycles. The summed E-state index contributed by atoms with van der Waals surface area (Å²) in [5.74, 6) is 0.732. The van der Waals surface area contributed by atoms with Gasteiger partial charge in [0.25, 0.3) is 0 Å². The molecule has 5 heteroatoms. The molecule has 0 saturated heterocycles. The molecule has 0 atom stereocenters. The van der Waals surface area contributed by atoms with Gasteiger partial charge in [-0.05, 0) is 87.9 Å². The van der Waals surface area contributed by atoms with E-state index >= 15 is 0 Å². The first-order valence-corrected chi connectivity index (χ1v) is 22.6. The lowest BCUT2D eigenvalue weighted by atomic mass is 10.0. The summed E-state index contributed by atoms with van der Waals surface area (Å²) >= 11 is 0. The topological polar surface area (TPSA) is 34.0 Å². The van der Waals surface area contributed by atoms with Crippen molar-refractivity contribution in [1.82, 2.24) is 14.5 Å². The van der Waals surface area contributed by atoms with E-state index in [4.69, 9.17) is 9.97 Å². The van der Waals surface area contributed by atoms with Crippen molar-refractivity contribution >= 4 is 68.1 Å². The second-order valence-corrected chi connectivity index (χ2v) is 19.8. The summed E-state index contributed by atoms with van der Waals surface area (Å²) in [6.45, 7) is 5.03. The Morgan fingerprint density at radius 3 is 1.67 bits per heavy atom. The Balaban J connectivity index is 1.19. The Morgan fingerprint density at radius 1 is 0.456 bits per heavy atom. The van der Waals surface area contributed by atoms with Crippen LogP contribution in [0, 0.1) is 0 Å². The molecule has 0 N–H and O–H groups in total. The lowest BCUT2D eigenvalue weighted by molar-refractivity contribution is 1.17. The third-order valence-corrected chi connectivity index (χ3v) is 15.2. The summed E-state index contributed by atoms with van der Waals surface area (Å²) in [5.41, 5.74) is 12.2. The molecule has 10 aromatic rings. The Morgan fingerprint density at radius 2 is 1.04 bits per heavy atom. The van der Waals surface area contributed by atoms with Gasteiger partial charge in [-0.25, -0.2) is 9.97 Å². The maximum absolute atomic E-state index is 5.25. The molecule has 11 rings (SSSR count). The lowest BCUT2D eigenvalue weighted by Crippen LogP contribution is -2.57. The van der Waals surface area contributed by atoms with E-state index < -0.39 is 8.07 Å². The van der Waals surface area contributed by atoms with E-state index in [0.717, 1.165) is 51.0 Å². The predicted molar refractivity (Wildman–Crippen MR) is 242 cm³/mol. The summed E-state index contributed by atoms with van der Waals surface area (Å²) < 4.78 is 2.54. The van der Waals surface area contributed by atoms with E-state index in [-0.39, 0.29) is 0 Å². The van der Waals surface area contributed by atoms with Crippen LogP contribution in [0.1, 0.15) is 0 Å². The average Bonchev–Trinajstić information content (AvgIpc) is 3.61. The van der Waals surface area contributed by atoms with Gasteiger partial charge >= 0.3 is 0 Å². The van der Waals surface area contributed by atoms with Crippen molar-refractivity contribution in [2.75, 3.05) is 4.90 Å². The zero-order valence-electron chi connectivity index (χ0n) is 31.8. The zero-order chi connectivity index (χ0) is 38.1. The molecule has 0 radical (unpaired) electrons. The van der Waals surface area contributed by atoms with Crippen LogP contribution in [0.15, 0.2) is 194 Å². The molecule has 3 heterocycles. The normalized spacial score (nSPS) is 12.9. The number of nitrogens with zero attached hydrogens (tertiary/aromatic N) is 4. The van der Waals surface area contributed by atoms with Gasteiger partial charge in [0.15, 0.2) is 5.82 Å². The largest absolute Gasteiger partial charge is 0.310 e. The van der Waals surface area contributed by atoms with E-state index in [2.05, 4.69) is 205 Å². The van der Waals surface area contributed by atoms with Crippen LogP contribution in [-0.4, -0.2) is 22.6 Å². The predicted octanol–water partition coefficient (Wildman–Crippen LogP) is 12.3. The summed E-state index contributed by atoms with van der Waals surface area (Å²) in [7, 11) is -2.39. The molecule has 0 unspecified atom stereocenters. The Hall–Kier alpha value is -7.08. The average molecular weight is 747 g/mol. The number of rotatable bonds is 6. The number of hydrogen-bond donors (Lipinski definition) is 0. The summed E-state index contributed by atoms with van der Waals surface area (Å²) in [4.78, 5) is 12.9. The van der Waals surface area contributed by atoms with E-state index in [1.165, 1.54) is 48.6 Å². The smallest absolute Gasteiger partial charge is 0.160 e. The number of anilines is 3. The molecular formula is C52H38N4Si. The molecule has 0 fully saturated rings. The van der Waals surface area contributed by atoms with Crippen molar-refractivity contribution < 1.29 is 0 Å². The third-order valence-electron chi connectivity index (χ3n) is 11.7. The quantitative estimate of drug-likeness (QED) is 0.159. The Kier molecular flexibility index (Phi) is 7.59. The molecule has 57 heavy (non-hydrogen) atoms. The maximum Gasteiger partial charge on any atom is 0.160 e. The maximum atomic E-state index is 5.25. The third kappa shape index (κ3) is 5.35. The van der Waals surface area contributed by atoms with Gasteiger partial charge in [-0.2, -0.15) is 0 Å². The number of para-hydroxylation sites is 2. The molecule has 0 aliphatic carbocycles. The lowest BCUT2D eigenvalue weighted by Gasteiger charge is -2.35. The van der Waals surface area contributed by atoms with Crippen LogP contribution in [0.25, 0.3) is 72.2 Å². The van der Waals surface area contributed by atoms with Crippen molar-refractivity contribution in [1.29, 1.82) is 0 Å². The minimum absolute atomic E-state index is 0.732. The first-order chi connectivity index (χ1) is 28.0. The first-order valence-electron chi connectivity index (χ1n) is 19.6. The molecule has 270 valence electrons. The Bertz CT molecular complexity index is 3040. The molecule has 0 bridgehead atoms. The summed E-state index contributed by atoms with van der Waals surface area (Å²) in [6, 6.07) is 69.8. The molecular weight excluding hydrogens is 709 g/mol. The SMILES string of the molecule is C[Si]1(C)c2cc(-c3nc(-c4ccccc4)cc(-c4ccccc4)n3)ccc2-n2c3ccc4ccccc4c3c3cc(N(c4ccccc4)c4ccccc4)cc1c32. The number of fused-ring (bicyclic) bond motifs is 7. The van der Waals surface area contributed by atoms with Gasteiger partial charge in [0, 0.05) is 50.2 Å². The highest BCUT2D eigenvalue weighted by atomic mass is 28.3. The fourth-order valence-electron chi connectivity index (χ4n) is 8.96. The van der Waals surface area contributed by atoms with Crippen LogP contribution in [0.5, 0.6) is 0 Å². The molecule has 2 aromatic heterocycles. The van der Waals surface area contributed by atoms with Crippen LogP contribution >= 0.6 is 0 Å². The van der Waals surface area contributed by atoms with Gasteiger partial charge < -0.3 is 9.47 Å². The fraction of sp³-hybridized carbons (Fsp3) is 0.0385. The molecule has 4 nitrogen and oxygen atoms in total. The zero-order valence-corrected chi connectivity index (χ0v) is 32.8. The van der Waals surface area contributed by atoms with Gasteiger partial charge in [-0.1, -0.05) is 140 Å². The fourth-order valence-corrected chi connectivity index (χ4v) is 12.0. The van der Waals surface area contributed by atoms with Crippen molar-refractivity contribution in [3.8, 4) is 39.6 Å². The van der Waals surface area contributed by atoms with Gasteiger partial charge in [0.05, 0.1) is 22.4 Å². The first kappa shape index (κ1) is 33.3. The molecule has 1 aliphatic rings. The van der Waals surface area contributed by atoms with Crippen LogP contribution in [0.2, 0.25) is 13.1 Å². The number of benzene rings is 8. The van der Waals surface area contributed by atoms with E-state index in [1.54, 1.807) is 0 Å². The molecule has 8 aromatic carbocycles. The van der Waals surface area contributed by atoms with Gasteiger partial charge in [-0.15, -0.1) is 0 Å². The monoisotopic (exact) mass is 746 g/mol. The highest BCUT2D eigenvalue weighted by Gasteiger charge is 2.38. The van der Waals surface area contributed by atoms with E-state index in [1.807, 2.05) is 12.1 Å². The Labute approximate surface area is 333 Å². The van der Waals surface area contributed by atoms with Crippen molar-refractivity contribution in [3.63, 3.8) is 0 Å². The molecule has 0 spiro atoms. The second-order valence-electron chi connectivity index (χ2n) is 15.5. The highest BCUT2D eigenvalue weighted by Crippen LogP contribution is 2.43. The van der Waals surface area contributed by atoms with E-state index in [0.29, 0.717) is 0 Å². The highest BCUT2D eigenvalue weighted by molar-refractivity contribution is 7.03. The van der Waals surface area contributed by atoms with Crippen LogP contribution in [0.3, 0.4) is 0 Å². The minimum Gasteiger partial charge on any atom is -0.310 e. The van der Waals surface area contributed by atoms with Crippen molar-refractivity contribution in [2.45, 2.75) is 13.1 Å². The van der Waals surface area contributed by atoms with Crippen LogP contribution in [0.4, 0.5) is 17.1 Å². The molecule has 1 aliphatic heterocycles. The van der Waals surface area contributed by atoms with Crippen LogP contribution < -0.4 is 15.3 Å². The standard InChI is InChI=1S/C52H38N4Si/c1-57(2)48-31-38(52-53-44(36-18-7-3-8-19-36)34-45(54-52)37-20-9-4-10-21-37)28-29-46(48)56-47-30-27-35-17-15-16-26-42(35)50(47)43-32-41(33-49(57)51(43)56)55(39-22-11-5-12-23-39)40-24-13-6-14-25-40/h3-34H,1-2H3. The molecule has 0 amide bonds.